The smallest absolute Gasteiger partial charge is 0.282 e. The van der Waals surface area contributed by atoms with E-state index in [1.165, 1.54) is 18.3 Å². The van der Waals surface area contributed by atoms with Crippen molar-refractivity contribution in [3.05, 3.63) is 64.0 Å². The zero-order chi connectivity index (χ0) is 13.8. The largest absolute Gasteiger partial charge is 0.320 e. The number of aromatic nitrogens is 1. The van der Waals surface area contributed by atoms with Crippen LogP contribution >= 0.6 is 0 Å². The normalized spacial score (nSPS) is 9.95. The fourth-order valence-corrected chi connectivity index (χ4v) is 1.62. The lowest BCUT2D eigenvalue weighted by Crippen LogP contribution is -2.14. The summed E-state index contributed by atoms with van der Waals surface area (Å²) in [6.07, 6.45) is 3.04. The Morgan fingerprint density at radius 2 is 2.16 bits per heavy atom. The van der Waals surface area contributed by atoms with E-state index in [0.29, 0.717) is 5.69 Å². The van der Waals surface area contributed by atoms with Crippen LogP contribution in [-0.4, -0.2) is 15.8 Å². The van der Waals surface area contributed by atoms with Gasteiger partial charge in [-0.2, -0.15) is 0 Å². The summed E-state index contributed by atoms with van der Waals surface area (Å²) in [6.45, 7) is 1.73. The van der Waals surface area contributed by atoms with Gasteiger partial charge in [0.15, 0.2) is 0 Å². The number of hydrogen-bond acceptors (Lipinski definition) is 4. The molecule has 2 rings (SSSR count). The highest BCUT2D eigenvalue weighted by Gasteiger charge is 2.20. The molecule has 19 heavy (non-hydrogen) atoms. The van der Waals surface area contributed by atoms with Crippen LogP contribution in [0.5, 0.6) is 0 Å². The van der Waals surface area contributed by atoms with Gasteiger partial charge in [0.25, 0.3) is 11.6 Å². The van der Waals surface area contributed by atoms with Crippen molar-refractivity contribution in [1.82, 2.24) is 4.98 Å². The van der Waals surface area contributed by atoms with Gasteiger partial charge >= 0.3 is 0 Å². The standard InChI is InChI=1S/C13H11N3O3/c1-9-4-5-11(12(7-9)16(18)19)13(17)15-10-3-2-6-14-8-10/h2-8H,1H3,(H,15,17). The fourth-order valence-electron chi connectivity index (χ4n) is 1.62. The molecule has 2 aromatic rings. The molecule has 1 amide bonds. The molecule has 0 saturated heterocycles. The molecule has 6 nitrogen and oxygen atoms in total. The second kappa shape index (κ2) is 5.26. The van der Waals surface area contributed by atoms with Crippen LogP contribution < -0.4 is 5.32 Å². The van der Waals surface area contributed by atoms with Crippen molar-refractivity contribution in [3.8, 4) is 0 Å². The van der Waals surface area contributed by atoms with E-state index in [-0.39, 0.29) is 11.3 Å². The van der Waals surface area contributed by atoms with E-state index in [1.807, 2.05) is 0 Å². The number of hydrogen-bond donors (Lipinski definition) is 1. The summed E-state index contributed by atoms with van der Waals surface area (Å²) < 4.78 is 0. The van der Waals surface area contributed by atoms with Crippen molar-refractivity contribution in [3.63, 3.8) is 0 Å². The van der Waals surface area contributed by atoms with Crippen LogP contribution in [0.15, 0.2) is 42.7 Å². The first-order valence-electron chi connectivity index (χ1n) is 5.54. The van der Waals surface area contributed by atoms with Crippen molar-refractivity contribution in [2.24, 2.45) is 0 Å². The Labute approximate surface area is 109 Å². The lowest BCUT2D eigenvalue weighted by molar-refractivity contribution is -0.385. The molecule has 1 heterocycles. The van der Waals surface area contributed by atoms with E-state index in [0.717, 1.165) is 5.56 Å². The molecular formula is C13H11N3O3. The van der Waals surface area contributed by atoms with Crippen molar-refractivity contribution >= 4 is 17.3 Å². The van der Waals surface area contributed by atoms with Gasteiger partial charge in [0.05, 0.1) is 16.8 Å². The second-order valence-electron chi connectivity index (χ2n) is 3.97. The molecule has 0 radical (unpaired) electrons. The Kier molecular flexibility index (Phi) is 3.51. The summed E-state index contributed by atoms with van der Waals surface area (Å²) in [4.78, 5) is 26.2. The first-order chi connectivity index (χ1) is 9.08. The Hall–Kier alpha value is -2.76. The summed E-state index contributed by atoms with van der Waals surface area (Å²) in [5, 5.41) is 13.5. The zero-order valence-electron chi connectivity index (χ0n) is 10.2. The number of anilines is 1. The van der Waals surface area contributed by atoms with E-state index in [4.69, 9.17) is 0 Å². The molecule has 0 saturated carbocycles. The first kappa shape index (κ1) is 12.7. The summed E-state index contributed by atoms with van der Waals surface area (Å²) in [6, 6.07) is 7.80. The average molecular weight is 257 g/mol. The number of rotatable bonds is 3. The number of carbonyl (C=O) groups is 1. The van der Waals surface area contributed by atoms with E-state index in [9.17, 15) is 14.9 Å². The molecule has 1 aromatic heterocycles. The van der Waals surface area contributed by atoms with E-state index in [1.54, 1.807) is 31.3 Å². The molecule has 96 valence electrons. The molecule has 0 bridgehead atoms. The number of nitro benzene ring substituents is 1. The maximum atomic E-state index is 12.0. The molecule has 0 aliphatic carbocycles. The highest BCUT2D eigenvalue weighted by Crippen LogP contribution is 2.21. The predicted molar refractivity (Wildman–Crippen MR) is 70.0 cm³/mol. The van der Waals surface area contributed by atoms with Gasteiger partial charge in [-0.15, -0.1) is 0 Å². The third-order valence-electron chi connectivity index (χ3n) is 2.51. The van der Waals surface area contributed by atoms with Crippen LogP contribution in [0, 0.1) is 17.0 Å². The number of aryl methyl sites for hydroxylation is 1. The summed E-state index contributed by atoms with van der Waals surface area (Å²) in [7, 11) is 0. The Balaban J connectivity index is 2.31. The Morgan fingerprint density at radius 1 is 1.37 bits per heavy atom. The molecule has 0 spiro atoms. The lowest BCUT2D eigenvalue weighted by Gasteiger charge is -2.05. The maximum absolute atomic E-state index is 12.0. The van der Waals surface area contributed by atoms with Crippen LogP contribution in [0.3, 0.4) is 0 Å². The summed E-state index contributed by atoms with van der Waals surface area (Å²) in [5.74, 6) is -0.528. The lowest BCUT2D eigenvalue weighted by atomic mass is 10.1. The van der Waals surface area contributed by atoms with Crippen molar-refractivity contribution in [1.29, 1.82) is 0 Å². The topological polar surface area (TPSA) is 85.1 Å². The van der Waals surface area contributed by atoms with Crippen LogP contribution in [0.4, 0.5) is 11.4 Å². The van der Waals surface area contributed by atoms with Gasteiger partial charge in [0.1, 0.15) is 5.56 Å². The highest BCUT2D eigenvalue weighted by atomic mass is 16.6. The molecule has 0 unspecified atom stereocenters. The van der Waals surface area contributed by atoms with Gasteiger partial charge < -0.3 is 5.32 Å². The van der Waals surface area contributed by atoms with E-state index < -0.39 is 10.8 Å². The minimum absolute atomic E-state index is 0.0273. The number of amides is 1. The van der Waals surface area contributed by atoms with Crippen molar-refractivity contribution in [2.45, 2.75) is 6.92 Å². The highest BCUT2D eigenvalue weighted by molar-refractivity contribution is 6.07. The van der Waals surface area contributed by atoms with Crippen molar-refractivity contribution in [2.75, 3.05) is 5.32 Å². The number of nitro groups is 1. The monoisotopic (exact) mass is 257 g/mol. The molecule has 1 aromatic carbocycles. The number of pyridine rings is 1. The van der Waals surface area contributed by atoms with Crippen LogP contribution in [-0.2, 0) is 0 Å². The summed E-state index contributed by atoms with van der Waals surface area (Å²) in [5.41, 5.74) is 1.04. The molecule has 0 aliphatic heterocycles. The molecule has 0 fully saturated rings. The Morgan fingerprint density at radius 3 is 2.79 bits per heavy atom. The van der Waals surface area contributed by atoms with Crippen LogP contribution in [0.1, 0.15) is 15.9 Å². The molecule has 0 atom stereocenters. The first-order valence-corrected chi connectivity index (χ1v) is 5.54. The van der Waals surface area contributed by atoms with E-state index >= 15 is 0 Å². The summed E-state index contributed by atoms with van der Waals surface area (Å²) >= 11 is 0. The van der Waals surface area contributed by atoms with Crippen LogP contribution in [0.25, 0.3) is 0 Å². The van der Waals surface area contributed by atoms with Gasteiger partial charge in [0, 0.05) is 12.3 Å². The molecule has 1 N–H and O–H groups in total. The van der Waals surface area contributed by atoms with E-state index in [2.05, 4.69) is 10.3 Å². The third-order valence-corrected chi connectivity index (χ3v) is 2.51. The number of nitrogens with zero attached hydrogens (tertiary/aromatic N) is 2. The minimum Gasteiger partial charge on any atom is -0.320 e. The SMILES string of the molecule is Cc1ccc(C(=O)Nc2cccnc2)c([N+](=O)[O-])c1. The maximum Gasteiger partial charge on any atom is 0.282 e. The number of nitrogens with one attached hydrogen (secondary N) is 1. The van der Waals surface area contributed by atoms with Gasteiger partial charge in [-0.1, -0.05) is 6.07 Å². The Bertz CT molecular complexity index is 626. The quantitative estimate of drug-likeness (QED) is 0.676. The third kappa shape index (κ3) is 2.92. The number of benzene rings is 1. The van der Waals surface area contributed by atoms with Gasteiger partial charge in [-0.25, -0.2) is 0 Å². The minimum atomic E-state index is -0.564. The predicted octanol–water partition coefficient (Wildman–Crippen LogP) is 2.55. The van der Waals surface area contributed by atoms with Gasteiger partial charge in [-0.3, -0.25) is 19.9 Å². The zero-order valence-corrected chi connectivity index (χ0v) is 10.2. The molecule has 0 aliphatic rings. The number of carbonyl (C=O) groups excluding carboxylic acids is 1. The van der Waals surface area contributed by atoms with Gasteiger partial charge in [-0.05, 0) is 30.7 Å². The fraction of sp³-hybridized carbons (Fsp3) is 0.0769. The van der Waals surface area contributed by atoms with Gasteiger partial charge in [0.2, 0.25) is 0 Å². The average Bonchev–Trinajstić information content (AvgIpc) is 2.39. The molecular weight excluding hydrogens is 246 g/mol. The molecule has 6 heteroatoms. The second-order valence-corrected chi connectivity index (χ2v) is 3.97. The van der Waals surface area contributed by atoms with Crippen molar-refractivity contribution < 1.29 is 9.72 Å². The van der Waals surface area contributed by atoms with Crippen LogP contribution in [0.2, 0.25) is 0 Å².